The lowest BCUT2D eigenvalue weighted by molar-refractivity contribution is 0.508. The maximum Gasteiger partial charge on any atom is 0.159 e. The summed E-state index contributed by atoms with van der Waals surface area (Å²) in [5, 5.41) is 4.49. The Balaban J connectivity index is 2.05. The second-order valence-electron chi connectivity index (χ2n) is 3.55. The van der Waals surface area contributed by atoms with E-state index in [1.165, 1.54) is 12.3 Å². The van der Waals surface area contributed by atoms with Gasteiger partial charge in [0, 0.05) is 5.02 Å². The molecule has 1 N–H and O–H groups in total. The fourth-order valence-corrected chi connectivity index (χ4v) is 1.52. The van der Waals surface area contributed by atoms with Gasteiger partial charge in [0.2, 0.25) is 0 Å². The van der Waals surface area contributed by atoms with E-state index in [9.17, 15) is 8.78 Å². The number of hydrogen-bond donors (Lipinski definition) is 1. The Morgan fingerprint density at radius 3 is 2.61 bits per heavy atom. The van der Waals surface area contributed by atoms with Gasteiger partial charge in [-0.15, -0.1) is 0 Å². The zero-order chi connectivity index (χ0) is 13.0. The normalized spacial score (nSPS) is 10.8. The van der Waals surface area contributed by atoms with E-state index in [1.54, 1.807) is 24.3 Å². The van der Waals surface area contributed by atoms with Crippen LogP contribution in [-0.2, 0) is 0 Å². The molecule has 0 unspecified atom stereocenters. The molecule has 2 rings (SSSR count). The molecule has 2 aromatic rings. The Morgan fingerprint density at radius 2 is 1.89 bits per heavy atom. The summed E-state index contributed by atoms with van der Waals surface area (Å²) in [7, 11) is 0. The highest BCUT2D eigenvalue weighted by molar-refractivity contribution is 6.30. The van der Waals surface area contributed by atoms with Crippen LogP contribution >= 0.6 is 11.6 Å². The van der Waals surface area contributed by atoms with Crippen LogP contribution in [0.1, 0.15) is 5.56 Å². The number of hydrogen-bond acceptors (Lipinski definition) is 2. The molecule has 0 aromatic heterocycles. The first kappa shape index (κ1) is 12.5. The van der Waals surface area contributed by atoms with Crippen molar-refractivity contribution in [3.05, 3.63) is 64.7 Å². The van der Waals surface area contributed by atoms with Crippen LogP contribution in [0.2, 0.25) is 5.02 Å². The van der Waals surface area contributed by atoms with Gasteiger partial charge in [0.25, 0.3) is 0 Å². The zero-order valence-electron chi connectivity index (χ0n) is 9.20. The van der Waals surface area contributed by atoms with Crippen molar-refractivity contribution in [3.8, 4) is 0 Å². The van der Waals surface area contributed by atoms with Crippen LogP contribution < -0.4 is 5.43 Å². The number of halogens is 3. The van der Waals surface area contributed by atoms with E-state index in [2.05, 4.69) is 10.5 Å². The zero-order valence-corrected chi connectivity index (χ0v) is 9.96. The second-order valence-corrected chi connectivity index (χ2v) is 3.99. The molecule has 18 heavy (non-hydrogen) atoms. The van der Waals surface area contributed by atoms with Gasteiger partial charge in [0.05, 0.1) is 11.9 Å². The molecule has 0 aliphatic carbocycles. The smallest absolute Gasteiger partial charge is 0.159 e. The maximum atomic E-state index is 12.9. The van der Waals surface area contributed by atoms with E-state index in [-0.39, 0.29) is 0 Å². The van der Waals surface area contributed by atoms with Gasteiger partial charge >= 0.3 is 0 Å². The van der Waals surface area contributed by atoms with Crippen LogP contribution in [0.3, 0.4) is 0 Å². The van der Waals surface area contributed by atoms with Gasteiger partial charge in [-0.3, -0.25) is 5.43 Å². The molecule has 0 saturated carbocycles. The first-order valence-corrected chi connectivity index (χ1v) is 5.52. The molecule has 0 fully saturated rings. The second kappa shape index (κ2) is 5.60. The van der Waals surface area contributed by atoms with Crippen molar-refractivity contribution >= 4 is 23.5 Å². The quantitative estimate of drug-likeness (QED) is 0.657. The monoisotopic (exact) mass is 266 g/mol. The Labute approximate surface area is 108 Å². The van der Waals surface area contributed by atoms with Crippen molar-refractivity contribution in [3.63, 3.8) is 0 Å². The Bertz CT molecular complexity index is 585. The molecule has 2 aromatic carbocycles. The van der Waals surface area contributed by atoms with E-state index >= 15 is 0 Å². The fourth-order valence-electron chi connectivity index (χ4n) is 1.33. The SMILES string of the molecule is Fc1ccc(C=NNc2cccc(Cl)c2)cc1F. The Kier molecular flexibility index (Phi) is 3.89. The van der Waals surface area contributed by atoms with Gasteiger partial charge in [-0.2, -0.15) is 5.10 Å². The molecular formula is C13H9ClF2N2. The summed E-state index contributed by atoms with van der Waals surface area (Å²) in [6, 6.07) is 10.6. The Hall–Kier alpha value is -1.94. The van der Waals surface area contributed by atoms with Gasteiger partial charge in [0.1, 0.15) is 0 Å². The van der Waals surface area contributed by atoms with Crippen LogP contribution in [0.4, 0.5) is 14.5 Å². The summed E-state index contributed by atoms with van der Waals surface area (Å²) >= 11 is 5.80. The van der Waals surface area contributed by atoms with Crippen molar-refractivity contribution < 1.29 is 8.78 Å². The van der Waals surface area contributed by atoms with Crippen molar-refractivity contribution in [2.75, 3.05) is 5.43 Å². The lowest BCUT2D eigenvalue weighted by Crippen LogP contribution is -1.92. The summed E-state index contributed by atoms with van der Waals surface area (Å²) in [6.07, 6.45) is 1.39. The predicted octanol–water partition coefficient (Wildman–Crippen LogP) is 4.06. The number of benzene rings is 2. The molecule has 0 radical (unpaired) electrons. The first-order chi connectivity index (χ1) is 8.65. The molecule has 0 spiro atoms. The van der Waals surface area contributed by atoms with Gasteiger partial charge in [-0.25, -0.2) is 8.78 Å². The van der Waals surface area contributed by atoms with Gasteiger partial charge < -0.3 is 0 Å². The number of rotatable bonds is 3. The fraction of sp³-hybridized carbons (Fsp3) is 0. The van der Waals surface area contributed by atoms with Crippen molar-refractivity contribution in [1.29, 1.82) is 0 Å². The largest absolute Gasteiger partial charge is 0.278 e. The van der Waals surface area contributed by atoms with Crippen molar-refractivity contribution in [2.45, 2.75) is 0 Å². The number of anilines is 1. The Morgan fingerprint density at radius 1 is 1.06 bits per heavy atom. The molecule has 0 amide bonds. The first-order valence-electron chi connectivity index (χ1n) is 5.15. The summed E-state index contributed by atoms with van der Waals surface area (Å²) in [4.78, 5) is 0. The lowest BCUT2D eigenvalue weighted by Gasteiger charge is -2.00. The summed E-state index contributed by atoms with van der Waals surface area (Å²) in [5.41, 5.74) is 3.91. The molecule has 5 heteroatoms. The number of nitrogens with zero attached hydrogens (tertiary/aromatic N) is 1. The predicted molar refractivity (Wildman–Crippen MR) is 69.0 cm³/mol. The molecule has 92 valence electrons. The van der Waals surface area contributed by atoms with Crippen molar-refractivity contribution in [2.24, 2.45) is 5.10 Å². The molecule has 0 aliphatic rings. The molecule has 0 saturated heterocycles. The highest BCUT2D eigenvalue weighted by Gasteiger charge is 2.00. The van der Waals surface area contributed by atoms with E-state index in [4.69, 9.17) is 11.6 Å². The highest BCUT2D eigenvalue weighted by atomic mass is 35.5. The average Bonchev–Trinajstić information content (AvgIpc) is 2.34. The van der Waals surface area contributed by atoms with Crippen molar-refractivity contribution in [1.82, 2.24) is 0 Å². The lowest BCUT2D eigenvalue weighted by atomic mass is 10.2. The van der Waals surface area contributed by atoms with Gasteiger partial charge in [0.15, 0.2) is 11.6 Å². The van der Waals surface area contributed by atoms with Crippen LogP contribution in [0.15, 0.2) is 47.6 Å². The van der Waals surface area contributed by atoms with Crippen LogP contribution in [0.5, 0.6) is 0 Å². The maximum absolute atomic E-state index is 12.9. The van der Waals surface area contributed by atoms with Crippen LogP contribution in [-0.4, -0.2) is 6.21 Å². The average molecular weight is 267 g/mol. The number of hydrazone groups is 1. The van der Waals surface area contributed by atoms with Gasteiger partial charge in [-0.05, 0) is 35.9 Å². The molecule has 0 atom stereocenters. The third-order valence-electron chi connectivity index (χ3n) is 2.18. The van der Waals surface area contributed by atoms with Gasteiger partial charge in [-0.1, -0.05) is 23.7 Å². The molecule has 2 nitrogen and oxygen atoms in total. The summed E-state index contributed by atoms with van der Waals surface area (Å²) < 4.78 is 25.6. The topological polar surface area (TPSA) is 24.4 Å². The third-order valence-corrected chi connectivity index (χ3v) is 2.41. The van der Waals surface area contributed by atoms with Crippen LogP contribution in [0.25, 0.3) is 0 Å². The van der Waals surface area contributed by atoms with E-state index in [1.807, 2.05) is 0 Å². The highest BCUT2D eigenvalue weighted by Crippen LogP contribution is 2.14. The van der Waals surface area contributed by atoms with E-state index in [0.717, 1.165) is 12.1 Å². The number of nitrogens with one attached hydrogen (secondary N) is 1. The minimum absolute atomic E-state index is 0.462. The molecule has 0 bridgehead atoms. The molecule has 0 heterocycles. The molecular weight excluding hydrogens is 258 g/mol. The minimum atomic E-state index is -0.901. The standard InChI is InChI=1S/C13H9ClF2N2/c14-10-2-1-3-11(7-10)18-17-8-9-4-5-12(15)13(16)6-9/h1-8,18H. The van der Waals surface area contributed by atoms with E-state index in [0.29, 0.717) is 16.3 Å². The molecule has 0 aliphatic heterocycles. The summed E-state index contributed by atoms with van der Waals surface area (Å²) in [6.45, 7) is 0. The minimum Gasteiger partial charge on any atom is -0.278 e. The summed E-state index contributed by atoms with van der Waals surface area (Å²) in [5.74, 6) is -1.78. The van der Waals surface area contributed by atoms with E-state index < -0.39 is 11.6 Å². The third kappa shape index (κ3) is 3.28. The van der Waals surface area contributed by atoms with Crippen LogP contribution in [0, 0.1) is 11.6 Å².